The summed E-state index contributed by atoms with van der Waals surface area (Å²) in [6.07, 6.45) is 3.48. The first-order chi connectivity index (χ1) is 6.24. The maximum absolute atomic E-state index is 5.57. The Morgan fingerprint density at radius 3 is 3.08 bits per heavy atom. The Balaban J connectivity index is 2.59. The fraction of sp³-hybridized carbons (Fsp3) is 0.500. The van der Waals surface area contributed by atoms with Crippen LogP contribution in [0.15, 0.2) is 6.20 Å². The predicted molar refractivity (Wildman–Crippen MR) is 51.9 cm³/mol. The molecule has 13 heavy (non-hydrogen) atoms. The van der Waals surface area contributed by atoms with Crippen molar-refractivity contribution in [3.05, 3.63) is 11.5 Å². The zero-order valence-electron chi connectivity index (χ0n) is 7.46. The van der Waals surface area contributed by atoms with Crippen molar-refractivity contribution in [3.63, 3.8) is 0 Å². The lowest BCUT2D eigenvalue weighted by molar-refractivity contribution is 0.299. The van der Waals surface area contributed by atoms with Crippen LogP contribution in [-0.2, 0) is 0 Å². The highest BCUT2D eigenvalue weighted by Gasteiger charge is 2.03. The molecule has 0 radical (unpaired) electrons. The maximum atomic E-state index is 5.57. The van der Waals surface area contributed by atoms with Crippen molar-refractivity contribution in [2.24, 2.45) is 0 Å². The number of ether oxygens (including phenoxy) is 1. The van der Waals surface area contributed by atoms with Crippen molar-refractivity contribution in [1.82, 2.24) is 9.97 Å². The molecule has 0 unspecified atom stereocenters. The van der Waals surface area contributed by atoms with E-state index in [4.69, 9.17) is 22.1 Å². The zero-order chi connectivity index (χ0) is 9.68. The van der Waals surface area contributed by atoms with Crippen molar-refractivity contribution in [1.29, 1.82) is 0 Å². The molecule has 0 saturated carbocycles. The average Bonchev–Trinajstić information content (AvgIpc) is 2.11. The van der Waals surface area contributed by atoms with Crippen molar-refractivity contribution in [2.75, 3.05) is 12.3 Å². The van der Waals surface area contributed by atoms with Crippen LogP contribution in [0.5, 0.6) is 5.88 Å². The van der Waals surface area contributed by atoms with Gasteiger partial charge >= 0.3 is 0 Å². The molecule has 2 N–H and O–H groups in total. The van der Waals surface area contributed by atoms with Crippen molar-refractivity contribution in [2.45, 2.75) is 19.8 Å². The lowest BCUT2D eigenvalue weighted by atomic mass is 10.4. The van der Waals surface area contributed by atoms with Gasteiger partial charge in [-0.2, -0.15) is 4.98 Å². The van der Waals surface area contributed by atoms with Crippen LogP contribution in [0.2, 0.25) is 5.28 Å². The minimum atomic E-state index is 0.153. The third kappa shape index (κ3) is 3.06. The van der Waals surface area contributed by atoms with Gasteiger partial charge in [0.2, 0.25) is 11.2 Å². The van der Waals surface area contributed by atoms with E-state index in [9.17, 15) is 0 Å². The molecule has 1 heterocycles. The molecule has 0 amide bonds. The van der Waals surface area contributed by atoms with Crippen LogP contribution in [-0.4, -0.2) is 16.6 Å². The van der Waals surface area contributed by atoms with Crippen molar-refractivity contribution < 1.29 is 4.74 Å². The van der Waals surface area contributed by atoms with Crippen LogP contribution in [0.3, 0.4) is 0 Å². The molecule has 0 bridgehead atoms. The minimum absolute atomic E-state index is 0.153. The summed E-state index contributed by atoms with van der Waals surface area (Å²) in [7, 11) is 0. The average molecular weight is 202 g/mol. The molecule has 0 aliphatic carbocycles. The fourth-order valence-electron chi connectivity index (χ4n) is 0.784. The quantitative estimate of drug-likeness (QED) is 0.597. The van der Waals surface area contributed by atoms with E-state index in [2.05, 4.69) is 16.9 Å². The Bertz CT molecular complexity index is 280. The molecule has 1 rings (SSSR count). The van der Waals surface area contributed by atoms with Crippen LogP contribution in [0.4, 0.5) is 5.69 Å². The molecular formula is C8H12ClN3O. The van der Waals surface area contributed by atoms with Gasteiger partial charge in [0.15, 0.2) is 0 Å². The molecule has 5 heteroatoms. The summed E-state index contributed by atoms with van der Waals surface area (Å²) in [5.74, 6) is 0.369. The van der Waals surface area contributed by atoms with Gasteiger partial charge in [0.05, 0.1) is 12.8 Å². The van der Waals surface area contributed by atoms with E-state index in [1.807, 2.05) is 0 Å². The Labute approximate surface area is 82.1 Å². The number of hydrogen-bond acceptors (Lipinski definition) is 4. The molecule has 1 aromatic rings. The van der Waals surface area contributed by atoms with E-state index in [1.54, 1.807) is 0 Å². The lowest BCUT2D eigenvalue weighted by Gasteiger charge is -2.05. The molecule has 0 aromatic carbocycles. The van der Waals surface area contributed by atoms with Gasteiger partial charge in [0, 0.05) is 0 Å². The lowest BCUT2D eigenvalue weighted by Crippen LogP contribution is -2.02. The van der Waals surface area contributed by atoms with Gasteiger partial charge < -0.3 is 10.5 Å². The van der Waals surface area contributed by atoms with E-state index in [0.717, 1.165) is 12.8 Å². The topological polar surface area (TPSA) is 61.0 Å². The molecular weight excluding hydrogens is 190 g/mol. The Kier molecular flexibility index (Phi) is 3.76. The number of nitrogens with zero attached hydrogens (tertiary/aromatic N) is 2. The van der Waals surface area contributed by atoms with Crippen LogP contribution in [0, 0.1) is 0 Å². The number of anilines is 1. The molecule has 72 valence electrons. The molecule has 0 saturated heterocycles. The smallest absolute Gasteiger partial charge is 0.241 e. The third-order valence-corrected chi connectivity index (χ3v) is 1.67. The summed E-state index contributed by atoms with van der Waals surface area (Å²) in [4.78, 5) is 7.57. The van der Waals surface area contributed by atoms with E-state index >= 15 is 0 Å². The normalized spacial score (nSPS) is 10.0. The number of aromatic nitrogens is 2. The van der Waals surface area contributed by atoms with Gasteiger partial charge in [-0.25, -0.2) is 4.98 Å². The second-order valence-corrected chi connectivity index (χ2v) is 2.94. The predicted octanol–water partition coefficient (Wildman–Crippen LogP) is 1.89. The van der Waals surface area contributed by atoms with Crippen LogP contribution >= 0.6 is 11.6 Å². The molecule has 1 aromatic heterocycles. The maximum Gasteiger partial charge on any atom is 0.241 e. The van der Waals surface area contributed by atoms with Gasteiger partial charge in [-0.05, 0) is 18.0 Å². The summed E-state index contributed by atoms with van der Waals surface area (Å²) in [5.41, 5.74) is 5.98. The zero-order valence-corrected chi connectivity index (χ0v) is 8.21. The third-order valence-electron chi connectivity index (χ3n) is 1.49. The molecule has 0 atom stereocenters. The SMILES string of the molecule is CCCCOc1nc(Cl)ncc1N. The molecule has 0 fully saturated rings. The summed E-state index contributed by atoms with van der Waals surface area (Å²) in [5, 5.41) is 0.153. The minimum Gasteiger partial charge on any atom is -0.476 e. The van der Waals surface area contributed by atoms with Crippen LogP contribution in [0.1, 0.15) is 19.8 Å². The van der Waals surface area contributed by atoms with Gasteiger partial charge in [-0.1, -0.05) is 13.3 Å². The van der Waals surface area contributed by atoms with Crippen molar-refractivity contribution >= 4 is 17.3 Å². The fourth-order valence-corrected chi connectivity index (χ4v) is 0.910. The first-order valence-corrected chi connectivity index (χ1v) is 4.52. The number of hydrogen-bond donors (Lipinski definition) is 1. The largest absolute Gasteiger partial charge is 0.476 e. The van der Waals surface area contributed by atoms with E-state index in [0.29, 0.717) is 18.2 Å². The monoisotopic (exact) mass is 201 g/mol. The highest BCUT2D eigenvalue weighted by molar-refractivity contribution is 6.28. The van der Waals surface area contributed by atoms with Crippen LogP contribution < -0.4 is 10.5 Å². The Morgan fingerprint density at radius 1 is 1.62 bits per heavy atom. The highest BCUT2D eigenvalue weighted by Crippen LogP contribution is 2.18. The Hall–Kier alpha value is -1.03. The second kappa shape index (κ2) is 4.87. The van der Waals surface area contributed by atoms with Gasteiger partial charge in [0.25, 0.3) is 0 Å². The second-order valence-electron chi connectivity index (χ2n) is 2.60. The number of nitrogen functional groups attached to an aromatic ring is 1. The molecule has 4 nitrogen and oxygen atoms in total. The summed E-state index contributed by atoms with van der Waals surface area (Å²) in [6, 6.07) is 0. The standard InChI is InChI=1S/C8H12ClN3O/c1-2-3-4-13-7-6(10)5-11-8(9)12-7/h5H,2-4,10H2,1H3. The number of unbranched alkanes of at least 4 members (excludes halogenated alkanes) is 1. The molecule has 0 aliphatic heterocycles. The summed E-state index contributed by atoms with van der Waals surface area (Å²) >= 11 is 5.57. The first-order valence-electron chi connectivity index (χ1n) is 4.15. The number of rotatable bonds is 4. The van der Waals surface area contributed by atoms with Crippen LogP contribution in [0.25, 0.3) is 0 Å². The van der Waals surface area contributed by atoms with E-state index < -0.39 is 0 Å². The molecule has 0 aliphatic rings. The molecule has 0 spiro atoms. The highest BCUT2D eigenvalue weighted by atomic mass is 35.5. The van der Waals surface area contributed by atoms with Gasteiger partial charge in [-0.3, -0.25) is 0 Å². The van der Waals surface area contributed by atoms with E-state index in [-0.39, 0.29) is 5.28 Å². The van der Waals surface area contributed by atoms with Gasteiger partial charge in [0.1, 0.15) is 5.69 Å². The van der Waals surface area contributed by atoms with Gasteiger partial charge in [-0.15, -0.1) is 0 Å². The summed E-state index contributed by atoms with van der Waals surface area (Å²) in [6.45, 7) is 2.69. The number of halogens is 1. The van der Waals surface area contributed by atoms with E-state index in [1.165, 1.54) is 6.20 Å². The Morgan fingerprint density at radius 2 is 2.38 bits per heavy atom. The number of nitrogens with two attached hydrogens (primary N) is 1. The van der Waals surface area contributed by atoms with Crippen molar-refractivity contribution in [3.8, 4) is 5.88 Å². The first kappa shape index (κ1) is 10.1. The summed E-state index contributed by atoms with van der Waals surface area (Å²) < 4.78 is 5.30.